The summed E-state index contributed by atoms with van der Waals surface area (Å²) in [4.78, 5) is 33.5. The second-order valence-electron chi connectivity index (χ2n) is 8.36. The lowest BCUT2D eigenvalue weighted by Gasteiger charge is -2.28. The standard InChI is InChI=1S/C25H22N2O2S3/c1-25(2)13-18-20(15-31-25)32-22-21(18)23(29)27(17-11-7-4-8-12-17)24(26-22)30-14-19(28)16-9-5-3-6-10-16/h3-12H,13-15H2,1-2H3. The maximum absolute atomic E-state index is 13.8. The largest absolute Gasteiger partial charge is 0.293 e. The lowest BCUT2D eigenvalue weighted by Crippen LogP contribution is -2.26. The van der Waals surface area contributed by atoms with E-state index in [4.69, 9.17) is 4.98 Å². The van der Waals surface area contributed by atoms with Crippen LogP contribution in [0, 0.1) is 0 Å². The van der Waals surface area contributed by atoms with Crippen molar-refractivity contribution < 1.29 is 4.79 Å². The molecule has 32 heavy (non-hydrogen) atoms. The van der Waals surface area contributed by atoms with Gasteiger partial charge in [-0.3, -0.25) is 14.2 Å². The number of hydrogen-bond donors (Lipinski definition) is 0. The fraction of sp³-hybridized carbons (Fsp3) is 0.240. The maximum Gasteiger partial charge on any atom is 0.267 e. The number of thioether (sulfide) groups is 2. The van der Waals surface area contributed by atoms with Crippen LogP contribution in [-0.2, 0) is 12.2 Å². The molecule has 0 saturated carbocycles. The lowest BCUT2D eigenvalue weighted by atomic mass is 10.00. The summed E-state index contributed by atoms with van der Waals surface area (Å²) in [6, 6.07) is 18.8. The molecule has 0 spiro atoms. The predicted molar refractivity (Wildman–Crippen MR) is 136 cm³/mol. The van der Waals surface area contributed by atoms with Gasteiger partial charge in [0.1, 0.15) is 4.83 Å². The number of nitrogens with zero attached hydrogens (tertiary/aromatic N) is 2. The third kappa shape index (κ3) is 4.05. The SMILES string of the molecule is CC1(C)Cc2c(sc3nc(SCC(=O)c4ccccc4)n(-c4ccccc4)c(=O)c23)CS1. The van der Waals surface area contributed by atoms with Crippen LogP contribution < -0.4 is 5.56 Å². The van der Waals surface area contributed by atoms with E-state index in [0.717, 1.165) is 33.6 Å². The van der Waals surface area contributed by atoms with Gasteiger partial charge in [0.15, 0.2) is 10.9 Å². The van der Waals surface area contributed by atoms with Gasteiger partial charge in [0, 0.05) is 20.9 Å². The summed E-state index contributed by atoms with van der Waals surface area (Å²) in [6.45, 7) is 4.46. The number of Topliss-reactive ketones (excluding diaryl/α,β-unsaturated/α-hetero) is 1. The van der Waals surface area contributed by atoms with E-state index < -0.39 is 0 Å². The molecule has 5 rings (SSSR count). The van der Waals surface area contributed by atoms with Gasteiger partial charge in [-0.1, -0.05) is 74.1 Å². The summed E-state index contributed by atoms with van der Waals surface area (Å²) >= 11 is 4.87. The average molecular weight is 479 g/mol. The van der Waals surface area contributed by atoms with Crippen molar-refractivity contribution in [1.29, 1.82) is 0 Å². The van der Waals surface area contributed by atoms with Crippen molar-refractivity contribution in [3.8, 4) is 5.69 Å². The number of ketones is 1. The van der Waals surface area contributed by atoms with Crippen molar-refractivity contribution >= 4 is 50.9 Å². The third-order valence-electron chi connectivity index (χ3n) is 5.52. The zero-order chi connectivity index (χ0) is 22.3. The van der Waals surface area contributed by atoms with Gasteiger partial charge in [-0.05, 0) is 24.1 Å². The Morgan fingerprint density at radius 1 is 1.09 bits per heavy atom. The Morgan fingerprint density at radius 2 is 1.78 bits per heavy atom. The molecular weight excluding hydrogens is 456 g/mol. The van der Waals surface area contributed by atoms with Crippen LogP contribution >= 0.6 is 34.9 Å². The smallest absolute Gasteiger partial charge is 0.267 e. The monoisotopic (exact) mass is 478 g/mol. The average Bonchev–Trinajstić information content (AvgIpc) is 3.15. The molecule has 0 radical (unpaired) electrons. The van der Waals surface area contributed by atoms with Gasteiger partial charge in [0.2, 0.25) is 0 Å². The number of carbonyl (C=O) groups excluding carboxylic acids is 1. The van der Waals surface area contributed by atoms with E-state index >= 15 is 0 Å². The first-order valence-corrected chi connectivity index (χ1v) is 13.2. The van der Waals surface area contributed by atoms with Gasteiger partial charge in [0.05, 0.1) is 16.8 Å². The normalized spacial score (nSPS) is 14.9. The van der Waals surface area contributed by atoms with E-state index in [1.54, 1.807) is 15.9 Å². The molecule has 3 heterocycles. The molecule has 1 aliphatic heterocycles. The molecule has 0 saturated heterocycles. The fourth-order valence-corrected chi connectivity index (χ4v) is 7.20. The fourth-order valence-electron chi connectivity index (χ4n) is 3.91. The number of aromatic nitrogens is 2. The molecule has 0 fully saturated rings. The van der Waals surface area contributed by atoms with Crippen LogP contribution in [-0.4, -0.2) is 25.8 Å². The van der Waals surface area contributed by atoms with Crippen molar-refractivity contribution in [2.45, 2.75) is 35.9 Å². The molecule has 162 valence electrons. The van der Waals surface area contributed by atoms with E-state index in [1.807, 2.05) is 72.4 Å². The van der Waals surface area contributed by atoms with Gasteiger partial charge in [-0.15, -0.1) is 23.1 Å². The van der Waals surface area contributed by atoms with Crippen LogP contribution in [0.3, 0.4) is 0 Å². The number of benzene rings is 2. The van der Waals surface area contributed by atoms with Crippen molar-refractivity contribution in [2.24, 2.45) is 0 Å². The molecule has 4 aromatic rings. The predicted octanol–water partition coefficient (Wildman–Crippen LogP) is 5.99. The topological polar surface area (TPSA) is 52.0 Å². The summed E-state index contributed by atoms with van der Waals surface area (Å²) < 4.78 is 1.77. The Morgan fingerprint density at radius 3 is 2.50 bits per heavy atom. The Balaban J connectivity index is 1.62. The lowest BCUT2D eigenvalue weighted by molar-refractivity contribution is 0.102. The highest BCUT2D eigenvalue weighted by molar-refractivity contribution is 8.00. The van der Waals surface area contributed by atoms with E-state index in [2.05, 4.69) is 13.8 Å². The molecule has 0 amide bonds. The molecule has 4 nitrogen and oxygen atoms in total. The summed E-state index contributed by atoms with van der Waals surface area (Å²) in [7, 11) is 0. The molecule has 0 bridgehead atoms. The molecule has 2 aromatic heterocycles. The highest BCUT2D eigenvalue weighted by Gasteiger charge is 2.31. The van der Waals surface area contributed by atoms with E-state index in [0.29, 0.717) is 10.7 Å². The van der Waals surface area contributed by atoms with Crippen LogP contribution in [0.15, 0.2) is 70.6 Å². The van der Waals surface area contributed by atoms with Crippen LogP contribution in [0.4, 0.5) is 0 Å². The second kappa shape index (κ2) is 8.54. The van der Waals surface area contributed by atoms with Crippen molar-refractivity contribution in [3.63, 3.8) is 0 Å². The summed E-state index contributed by atoms with van der Waals surface area (Å²) in [6.07, 6.45) is 0.859. The highest BCUT2D eigenvalue weighted by Crippen LogP contribution is 2.44. The first-order valence-electron chi connectivity index (χ1n) is 10.4. The van der Waals surface area contributed by atoms with Gasteiger partial charge in [-0.2, -0.15) is 0 Å². The molecule has 1 aliphatic rings. The minimum absolute atomic E-state index is 0.0215. The first-order chi connectivity index (χ1) is 15.4. The Hall–Kier alpha value is -2.35. The van der Waals surface area contributed by atoms with E-state index in [9.17, 15) is 9.59 Å². The Bertz CT molecular complexity index is 1360. The molecule has 0 N–H and O–H groups in total. The minimum atomic E-state index is -0.0453. The van der Waals surface area contributed by atoms with Crippen molar-refractivity contribution in [2.75, 3.05) is 5.75 Å². The third-order valence-corrected chi connectivity index (χ3v) is 9.12. The van der Waals surface area contributed by atoms with Gasteiger partial charge in [-0.25, -0.2) is 4.98 Å². The second-order valence-corrected chi connectivity index (χ2v) is 12.1. The first kappa shape index (κ1) is 21.5. The number of carbonyl (C=O) groups is 1. The highest BCUT2D eigenvalue weighted by atomic mass is 32.2. The van der Waals surface area contributed by atoms with E-state index in [1.165, 1.54) is 16.6 Å². The summed E-state index contributed by atoms with van der Waals surface area (Å²) in [5.41, 5.74) is 2.54. The number of rotatable bonds is 5. The van der Waals surface area contributed by atoms with Crippen LogP contribution in [0.1, 0.15) is 34.6 Å². The Labute approximate surface area is 199 Å². The number of thiophene rings is 1. The van der Waals surface area contributed by atoms with Gasteiger partial charge >= 0.3 is 0 Å². The minimum Gasteiger partial charge on any atom is -0.293 e. The molecule has 0 aliphatic carbocycles. The molecule has 2 aromatic carbocycles. The Kier molecular flexibility index (Phi) is 5.73. The molecule has 7 heteroatoms. The van der Waals surface area contributed by atoms with E-state index in [-0.39, 0.29) is 21.8 Å². The van der Waals surface area contributed by atoms with Gasteiger partial charge in [0.25, 0.3) is 5.56 Å². The van der Waals surface area contributed by atoms with Crippen LogP contribution in [0.25, 0.3) is 15.9 Å². The summed E-state index contributed by atoms with van der Waals surface area (Å²) in [5.74, 6) is 1.15. The molecular formula is C25H22N2O2S3. The number of fused-ring (bicyclic) bond motifs is 3. The van der Waals surface area contributed by atoms with Crippen LogP contribution in [0.5, 0.6) is 0 Å². The van der Waals surface area contributed by atoms with Crippen molar-refractivity contribution in [3.05, 3.63) is 87.0 Å². The zero-order valence-electron chi connectivity index (χ0n) is 17.8. The zero-order valence-corrected chi connectivity index (χ0v) is 20.3. The van der Waals surface area contributed by atoms with Gasteiger partial charge < -0.3 is 0 Å². The quantitative estimate of drug-likeness (QED) is 0.200. The number of hydrogen-bond acceptors (Lipinski definition) is 6. The molecule has 0 atom stereocenters. The molecule has 0 unspecified atom stereocenters. The van der Waals surface area contributed by atoms with Crippen LogP contribution in [0.2, 0.25) is 0 Å². The van der Waals surface area contributed by atoms with Crippen molar-refractivity contribution in [1.82, 2.24) is 9.55 Å². The maximum atomic E-state index is 13.8. The summed E-state index contributed by atoms with van der Waals surface area (Å²) in [5, 5.41) is 1.30. The number of para-hydroxylation sites is 1.